The zero-order chi connectivity index (χ0) is 15.2. The maximum atomic E-state index is 4.19. The summed E-state index contributed by atoms with van der Waals surface area (Å²) in [4.78, 5) is 1.27. The number of hydrogen-bond acceptors (Lipinski definition) is 4. The van der Waals surface area contributed by atoms with Gasteiger partial charge in [0.05, 0.1) is 5.75 Å². The van der Waals surface area contributed by atoms with E-state index >= 15 is 0 Å². The van der Waals surface area contributed by atoms with E-state index in [4.69, 9.17) is 0 Å². The normalized spacial score (nSPS) is 12.6. The number of aryl methyl sites for hydroxylation is 1. The van der Waals surface area contributed by atoms with Crippen molar-refractivity contribution in [2.24, 2.45) is 7.05 Å². The van der Waals surface area contributed by atoms with E-state index in [9.17, 15) is 0 Å². The number of aromatic nitrogens is 3. The molecule has 1 heterocycles. The zero-order valence-electron chi connectivity index (χ0n) is 13.3. The minimum Gasteiger partial charge on any atom is -0.318 e. The lowest BCUT2D eigenvalue weighted by atomic mass is 10.1. The summed E-state index contributed by atoms with van der Waals surface area (Å²) in [7, 11) is 2.01. The summed E-state index contributed by atoms with van der Waals surface area (Å²) < 4.78 is 2.04. The number of benzene rings is 1. The molecule has 5 heteroatoms. The van der Waals surface area contributed by atoms with E-state index in [1.54, 1.807) is 11.8 Å². The molecule has 0 saturated heterocycles. The van der Waals surface area contributed by atoms with Crippen LogP contribution in [0.25, 0.3) is 0 Å². The van der Waals surface area contributed by atoms with Crippen molar-refractivity contribution in [2.75, 3.05) is 6.54 Å². The molecular formula is C16H24N4S. The first-order valence-electron chi connectivity index (χ1n) is 7.42. The van der Waals surface area contributed by atoms with Crippen LogP contribution in [-0.4, -0.2) is 21.3 Å². The van der Waals surface area contributed by atoms with Gasteiger partial charge in [-0.1, -0.05) is 19.1 Å². The molecule has 0 fully saturated rings. The zero-order valence-corrected chi connectivity index (χ0v) is 14.1. The monoisotopic (exact) mass is 304 g/mol. The van der Waals surface area contributed by atoms with Gasteiger partial charge in [-0.2, -0.15) is 0 Å². The van der Waals surface area contributed by atoms with Crippen LogP contribution in [0.5, 0.6) is 0 Å². The van der Waals surface area contributed by atoms with Gasteiger partial charge in [0.1, 0.15) is 11.6 Å². The van der Waals surface area contributed by atoms with Gasteiger partial charge in [0.2, 0.25) is 0 Å². The minimum atomic E-state index is 0.408. The third kappa shape index (κ3) is 4.32. The van der Waals surface area contributed by atoms with Crippen molar-refractivity contribution in [3.05, 3.63) is 41.5 Å². The maximum Gasteiger partial charge on any atom is 0.143 e. The van der Waals surface area contributed by atoms with Crippen molar-refractivity contribution in [1.82, 2.24) is 20.1 Å². The second-order valence-electron chi connectivity index (χ2n) is 5.26. The maximum absolute atomic E-state index is 4.19. The molecule has 114 valence electrons. The van der Waals surface area contributed by atoms with Gasteiger partial charge < -0.3 is 9.88 Å². The summed E-state index contributed by atoms with van der Waals surface area (Å²) in [6, 6.07) is 9.20. The van der Waals surface area contributed by atoms with Crippen LogP contribution >= 0.6 is 11.8 Å². The molecule has 0 aliphatic carbocycles. The third-order valence-corrected chi connectivity index (χ3v) is 4.64. The Morgan fingerprint density at radius 1 is 1.24 bits per heavy atom. The number of rotatable bonds is 7. The lowest BCUT2D eigenvalue weighted by Gasteiger charge is -2.14. The molecule has 0 saturated carbocycles. The molecule has 0 bridgehead atoms. The van der Waals surface area contributed by atoms with E-state index in [2.05, 4.69) is 53.6 Å². The van der Waals surface area contributed by atoms with Gasteiger partial charge in [0, 0.05) is 18.0 Å². The van der Waals surface area contributed by atoms with Crippen molar-refractivity contribution in [3.8, 4) is 0 Å². The Labute approximate surface area is 131 Å². The van der Waals surface area contributed by atoms with Crippen molar-refractivity contribution < 1.29 is 0 Å². The standard InChI is InChI=1S/C16H24N4S/c1-5-10-17-12(2)14-6-8-15(9-7-14)21-11-16-19-18-13(3)20(16)4/h6-9,12,17H,5,10-11H2,1-4H3. The van der Waals surface area contributed by atoms with Gasteiger partial charge in [-0.3, -0.25) is 0 Å². The fourth-order valence-electron chi connectivity index (χ4n) is 2.06. The van der Waals surface area contributed by atoms with Gasteiger partial charge in [-0.05, 0) is 44.5 Å². The third-order valence-electron chi connectivity index (χ3n) is 3.63. The molecule has 0 amide bonds. The van der Waals surface area contributed by atoms with Crippen LogP contribution in [0.3, 0.4) is 0 Å². The summed E-state index contributed by atoms with van der Waals surface area (Å²) in [5.74, 6) is 2.82. The van der Waals surface area contributed by atoms with Crippen LogP contribution in [0.15, 0.2) is 29.2 Å². The molecule has 1 aromatic heterocycles. The molecule has 0 aliphatic heterocycles. The number of thioether (sulfide) groups is 1. The number of nitrogens with zero attached hydrogens (tertiary/aromatic N) is 3. The molecule has 0 radical (unpaired) electrons. The fraction of sp³-hybridized carbons (Fsp3) is 0.500. The topological polar surface area (TPSA) is 42.7 Å². The Morgan fingerprint density at radius 3 is 2.52 bits per heavy atom. The highest BCUT2D eigenvalue weighted by atomic mass is 32.2. The second-order valence-corrected chi connectivity index (χ2v) is 6.30. The second kappa shape index (κ2) is 7.61. The van der Waals surface area contributed by atoms with E-state index in [0.717, 1.165) is 30.4 Å². The van der Waals surface area contributed by atoms with Gasteiger partial charge >= 0.3 is 0 Å². The average molecular weight is 304 g/mol. The molecule has 21 heavy (non-hydrogen) atoms. The summed E-state index contributed by atoms with van der Waals surface area (Å²) in [6.45, 7) is 7.43. The summed E-state index contributed by atoms with van der Waals surface area (Å²) in [6.07, 6.45) is 1.16. The van der Waals surface area contributed by atoms with E-state index in [0.29, 0.717) is 6.04 Å². The van der Waals surface area contributed by atoms with Gasteiger partial charge in [0.15, 0.2) is 0 Å². The van der Waals surface area contributed by atoms with E-state index < -0.39 is 0 Å². The smallest absolute Gasteiger partial charge is 0.143 e. The average Bonchev–Trinajstić information content (AvgIpc) is 2.83. The highest BCUT2D eigenvalue weighted by Crippen LogP contribution is 2.24. The minimum absolute atomic E-state index is 0.408. The van der Waals surface area contributed by atoms with E-state index in [1.807, 2.05) is 18.5 Å². The van der Waals surface area contributed by atoms with Crippen LogP contribution in [0, 0.1) is 6.92 Å². The molecule has 2 aromatic rings. The Bertz CT molecular complexity index is 562. The first kappa shape index (κ1) is 16.0. The molecule has 1 aromatic carbocycles. The van der Waals surface area contributed by atoms with Crippen LogP contribution in [0.1, 0.15) is 43.5 Å². The first-order chi connectivity index (χ1) is 10.1. The highest BCUT2D eigenvalue weighted by molar-refractivity contribution is 7.98. The Balaban J connectivity index is 1.92. The van der Waals surface area contributed by atoms with Gasteiger partial charge in [-0.15, -0.1) is 22.0 Å². The molecule has 4 nitrogen and oxygen atoms in total. The number of nitrogens with one attached hydrogen (secondary N) is 1. The summed E-state index contributed by atoms with van der Waals surface area (Å²) >= 11 is 1.80. The molecule has 1 N–H and O–H groups in total. The summed E-state index contributed by atoms with van der Waals surface area (Å²) in [5, 5.41) is 11.8. The molecule has 0 aliphatic rings. The van der Waals surface area contributed by atoms with Crippen molar-refractivity contribution in [1.29, 1.82) is 0 Å². The van der Waals surface area contributed by atoms with E-state index in [1.165, 1.54) is 10.5 Å². The van der Waals surface area contributed by atoms with Crippen LogP contribution in [-0.2, 0) is 12.8 Å². The van der Waals surface area contributed by atoms with Crippen molar-refractivity contribution in [2.45, 2.75) is 43.9 Å². The number of hydrogen-bond donors (Lipinski definition) is 1. The molecule has 1 atom stereocenters. The van der Waals surface area contributed by atoms with Crippen LogP contribution in [0.4, 0.5) is 0 Å². The summed E-state index contributed by atoms with van der Waals surface area (Å²) in [5.41, 5.74) is 1.34. The van der Waals surface area contributed by atoms with Gasteiger partial charge in [-0.25, -0.2) is 0 Å². The molecule has 1 unspecified atom stereocenters. The predicted molar refractivity (Wildman–Crippen MR) is 88.5 cm³/mol. The fourth-order valence-corrected chi connectivity index (χ4v) is 2.93. The Kier molecular flexibility index (Phi) is 5.82. The highest BCUT2D eigenvalue weighted by Gasteiger charge is 2.07. The molecule has 0 spiro atoms. The van der Waals surface area contributed by atoms with Crippen molar-refractivity contribution >= 4 is 11.8 Å². The SMILES string of the molecule is CCCNC(C)c1ccc(SCc2nnc(C)n2C)cc1. The Hall–Kier alpha value is -1.33. The Morgan fingerprint density at radius 2 is 1.95 bits per heavy atom. The molecular weight excluding hydrogens is 280 g/mol. The largest absolute Gasteiger partial charge is 0.318 e. The van der Waals surface area contributed by atoms with Crippen LogP contribution in [0.2, 0.25) is 0 Å². The lowest BCUT2D eigenvalue weighted by Crippen LogP contribution is -2.19. The van der Waals surface area contributed by atoms with Crippen molar-refractivity contribution in [3.63, 3.8) is 0 Å². The first-order valence-corrected chi connectivity index (χ1v) is 8.41. The lowest BCUT2D eigenvalue weighted by molar-refractivity contribution is 0.570. The molecule has 2 rings (SSSR count). The van der Waals surface area contributed by atoms with Crippen LogP contribution < -0.4 is 5.32 Å². The van der Waals surface area contributed by atoms with E-state index in [-0.39, 0.29) is 0 Å². The predicted octanol–water partition coefficient (Wildman–Crippen LogP) is 3.48. The quantitative estimate of drug-likeness (QED) is 0.795. The van der Waals surface area contributed by atoms with Gasteiger partial charge in [0.25, 0.3) is 0 Å².